The van der Waals surface area contributed by atoms with Crippen molar-refractivity contribution in [2.24, 2.45) is 0 Å². The number of rotatable bonds is 4. The van der Waals surface area contributed by atoms with Crippen LogP contribution < -0.4 is 10.6 Å². The molecule has 0 aliphatic heterocycles. The van der Waals surface area contributed by atoms with Crippen LogP contribution in [0.3, 0.4) is 0 Å². The third-order valence-corrected chi connectivity index (χ3v) is 3.40. The van der Waals surface area contributed by atoms with Crippen LogP contribution in [0.25, 0.3) is 11.5 Å². The third kappa shape index (κ3) is 3.67. The number of anilines is 1. The van der Waals surface area contributed by atoms with Crippen molar-refractivity contribution >= 4 is 23.3 Å². The number of aromatic nitrogens is 2. The molecule has 23 heavy (non-hydrogen) atoms. The highest BCUT2D eigenvalue weighted by atomic mass is 35.5. The van der Waals surface area contributed by atoms with E-state index in [0.29, 0.717) is 27.9 Å². The molecule has 0 saturated heterocycles. The highest BCUT2D eigenvalue weighted by molar-refractivity contribution is 6.33. The average molecular weight is 329 g/mol. The Morgan fingerprint density at radius 2 is 1.96 bits per heavy atom. The number of nitrogens with zero attached hydrogens (tertiary/aromatic N) is 2. The molecular formula is C16H13ClN4O2. The third-order valence-electron chi connectivity index (χ3n) is 3.07. The monoisotopic (exact) mass is 328 g/mol. The van der Waals surface area contributed by atoms with Gasteiger partial charge in [-0.25, -0.2) is 9.78 Å². The van der Waals surface area contributed by atoms with Crippen LogP contribution >= 0.6 is 11.6 Å². The largest absolute Gasteiger partial charge is 0.463 e. The van der Waals surface area contributed by atoms with E-state index in [2.05, 4.69) is 20.6 Å². The van der Waals surface area contributed by atoms with E-state index in [4.69, 9.17) is 16.0 Å². The molecule has 0 bridgehead atoms. The summed E-state index contributed by atoms with van der Waals surface area (Å²) in [4.78, 5) is 20.5. The summed E-state index contributed by atoms with van der Waals surface area (Å²) < 4.78 is 5.33. The number of hydrogen-bond acceptors (Lipinski definition) is 4. The summed E-state index contributed by atoms with van der Waals surface area (Å²) in [6, 6.07) is 10.2. The number of benzene rings is 1. The summed E-state index contributed by atoms with van der Waals surface area (Å²) in [7, 11) is 0. The molecule has 0 radical (unpaired) electrons. The molecule has 6 nitrogen and oxygen atoms in total. The molecule has 2 amide bonds. The Morgan fingerprint density at radius 3 is 2.74 bits per heavy atom. The fourth-order valence-electron chi connectivity index (χ4n) is 2.01. The van der Waals surface area contributed by atoms with Crippen molar-refractivity contribution in [1.82, 2.24) is 15.3 Å². The number of para-hydroxylation sites is 1. The van der Waals surface area contributed by atoms with Crippen molar-refractivity contribution in [3.05, 3.63) is 65.8 Å². The minimum atomic E-state index is -0.380. The lowest BCUT2D eigenvalue weighted by molar-refractivity contribution is 0.251. The zero-order chi connectivity index (χ0) is 16.1. The van der Waals surface area contributed by atoms with Gasteiger partial charge >= 0.3 is 6.03 Å². The summed E-state index contributed by atoms with van der Waals surface area (Å²) in [5, 5.41) is 5.88. The topological polar surface area (TPSA) is 80.1 Å². The number of carbonyl (C=O) groups is 1. The minimum Gasteiger partial charge on any atom is -0.463 e. The zero-order valence-corrected chi connectivity index (χ0v) is 12.7. The first-order valence-corrected chi connectivity index (χ1v) is 7.25. The summed E-state index contributed by atoms with van der Waals surface area (Å²) in [5.41, 5.74) is 1.74. The van der Waals surface area contributed by atoms with Gasteiger partial charge in [-0.3, -0.25) is 4.98 Å². The van der Waals surface area contributed by atoms with Crippen molar-refractivity contribution in [3.8, 4) is 11.5 Å². The number of urea groups is 1. The summed E-state index contributed by atoms with van der Waals surface area (Å²) in [5.74, 6) is 0.599. The van der Waals surface area contributed by atoms with Crippen LogP contribution in [0.4, 0.5) is 10.5 Å². The first-order chi connectivity index (χ1) is 11.2. The van der Waals surface area contributed by atoms with Crippen LogP contribution in [0.5, 0.6) is 0 Å². The Labute approximate surface area is 137 Å². The van der Waals surface area contributed by atoms with E-state index in [1.165, 1.54) is 0 Å². The van der Waals surface area contributed by atoms with Crippen LogP contribution in [-0.4, -0.2) is 16.0 Å². The number of carbonyl (C=O) groups excluding carboxylic acids is 1. The average Bonchev–Trinajstić information content (AvgIpc) is 3.10. The first kappa shape index (κ1) is 15.1. The smallest absolute Gasteiger partial charge is 0.319 e. The Hall–Kier alpha value is -2.86. The van der Waals surface area contributed by atoms with Gasteiger partial charge in [0.05, 0.1) is 29.2 Å². The molecule has 0 unspecified atom stereocenters. The Bertz CT molecular complexity index is 805. The van der Waals surface area contributed by atoms with Gasteiger partial charge in [-0.15, -0.1) is 0 Å². The maximum absolute atomic E-state index is 12.0. The van der Waals surface area contributed by atoms with Crippen LogP contribution in [0.15, 0.2) is 59.5 Å². The lowest BCUT2D eigenvalue weighted by Crippen LogP contribution is -2.29. The number of nitrogens with one attached hydrogen (secondary N) is 2. The zero-order valence-electron chi connectivity index (χ0n) is 12.0. The summed E-state index contributed by atoms with van der Waals surface area (Å²) in [6.07, 6.45) is 4.70. The summed E-state index contributed by atoms with van der Waals surface area (Å²) in [6.45, 7) is 0.208. The Kier molecular flexibility index (Phi) is 4.54. The van der Waals surface area contributed by atoms with Gasteiger partial charge in [0.15, 0.2) is 5.76 Å². The second kappa shape index (κ2) is 6.93. The molecule has 3 aromatic rings. The van der Waals surface area contributed by atoms with Crippen LogP contribution in [0.2, 0.25) is 5.02 Å². The molecule has 7 heteroatoms. The molecule has 0 saturated carbocycles. The molecule has 0 atom stereocenters. The van der Waals surface area contributed by atoms with E-state index in [1.807, 2.05) is 0 Å². The number of halogens is 1. The van der Waals surface area contributed by atoms with Crippen molar-refractivity contribution in [2.45, 2.75) is 6.54 Å². The predicted molar refractivity (Wildman–Crippen MR) is 87.0 cm³/mol. The SMILES string of the molecule is O=C(NCc1nccnc1-c1ccco1)Nc1ccccc1Cl. The minimum absolute atomic E-state index is 0.208. The fraction of sp³-hybridized carbons (Fsp3) is 0.0625. The van der Waals surface area contributed by atoms with Crippen molar-refractivity contribution in [3.63, 3.8) is 0 Å². The lowest BCUT2D eigenvalue weighted by atomic mass is 10.2. The first-order valence-electron chi connectivity index (χ1n) is 6.87. The molecule has 0 aliphatic carbocycles. The molecule has 0 aliphatic rings. The van der Waals surface area contributed by atoms with Gasteiger partial charge < -0.3 is 15.1 Å². The molecule has 116 valence electrons. The predicted octanol–water partition coefficient (Wildman–Crippen LogP) is 3.71. The van der Waals surface area contributed by atoms with Crippen molar-refractivity contribution in [2.75, 3.05) is 5.32 Å². The standard InChI is InChI=1S/C16H13ClN4O2/c17-11-4-1-2-5-12(11)21-16(22)20-10-13-15(19-8-7-18-13)14-6-3-9-23-14/h1-9H,10H2,(H2,20,21,22). The van der Waals surface area contributed by atoms with Crippen molar-refractivity contribution in [1.29, 1.82) is 0 Å². The molecule has 1 aromatic carbocycles. The van der Waals surface area contributed by atoms with Crippen molar-refractivity contribution < 1.29 is 9.21 Å². The van der Waals surface area contributed by atoms with E-state index >= 15 is 0 Å². The normalized spacial score (nSPS) is 10.3. The molecule has 2 N–H and O–H groups in total. The second-order valence-corrected chi connectivity index (χ2v) is 5.02. The van der Waals surface area contributed by atoms with E-state index in [0.717, 1.165) is 0 Å². The van der Waals surface area contributed by atoms with E-state index in [-0.39, 0.29) is 12.6 Å². The molecule has 2 heterocycles. The van der Waals surface area contributed by atoms with Crippen LogP contribution in [0, 0.1) is 0 Å². The maximum atomic E-state index is 12.0. The second-order valence-electron chi connectivity index (χ2n) is 4.62. The molecule has 0 spiro atoms. The van der Waals surface area contributed by atoms with Gasteiger partial charge in [0.2, 0.25) is 0 Å². The van der Waals surface area contributed by atoms with Gasteiger partial charge in [-0.05, 0) is 24.3 Å². The van der Waals surface area contributed by atoms with Gasteiger partial charge in [-0.1, -0.05) is 23.7 Å². The van der Waals surface area contributed by atoms with Gasteiger partial charge in [0, 0.05) is 12.4 Å². The number of amides is 2. The maximum Gasteiger partial charge on any atom is 0.319 e. The summed E-state index contributed by atoms with van der Waals surface area (Å²) >= 11 is 6.00. The highest BCUT2D eigenvalue weighted by Crippen LogP contribution is 2.21. The number of hydrogen-bond donors (Lipinski definition) is 2. The molecular weight excluding hydrogens is 316 g/mol. The quantitative estimate of drug-likeness (QED) is 0.765. The van der Waals surface area contributed by atoms with E-state index < -0.39 is 0 Å². The Morgan fingerprint density at radius 1 is 1.13 bits per heavy atom. The molecule has 0 fully saturated rings. The lowest BCUT2D eigenvalue weighted by Gasteiger charge is -2.09. The van der Waals surface area contributed by atoms with E-state index in [9.17, 15) is 4.79 Å². The van der Waals surface area contributed by atoms with Crippen LogP contribution in [0.1, 0.15) is 5.69 Å². The number of furan rings is 1. The van der Waals surface area contributed by atoms with E-state index in [1.54, 1.807) is 55.1 Å². The Balaban J connectivity index is 1.67. The van der Waals surface area contributed by atoms with Crippen LogP contribution in [-0.2, 0) is 6.54 Å². The van der Waals surface area contributed by atoms with Gasteiger partial charge in [-0.2, -0.15) is 0 Å². The van der Waals surface area contributed by atoms with Gasteiger partial charge in [0.25, 0.3) is 0 Å². The fourth-order valence-corrected chi connectivity index (χ4v) is 2.19. The highest BCUT2D eigenvalue weighted by Gasteiger charge is 2.12. The van der Waals surface area contributed by atoms with Gasteiger partial charge in [0.1, 0.15) is 5.69 Å². The molecule has 2 aromatic heterocycles. The molecule has 3 rings (SSSR count).